The minimum absolute atomic E-state index is 0.0913. The third kappa shape index (κ3) is 6.89. The molecule has 2 aromatic rings. The first-order chi connectivity index (χ1) is 16.8. The zero-order valence-electron chi connectivity index (χ0n) is 20.4. The molecule has 0 saturated carbocycles. The van der Waals surface area contributed by atoms with Crippen LogP contribution in [0.25, 0.3) is 0 Å². The van der Waals surface area contributed by atoms with Crippen LogP contribution in [0.1, 0.15) is 44.1 Å². The van der Waals surface area contributed by atoms with Gasteiger partial charge in [-0.05, 0) is 30.7 Å². The lowest BCUT2D eigenvalue weighted by atomic mass is 9.90. The highest BCUT2D eigenvalue weighted by Gasteiger charge is 2.35. The van der Waals surface area contributed by atoms with Crippen molar-refractivity contribution < 1.29 is 14.3 Å². The number of nitrogens with one attached hydrogen (secondary N) is 1. The van der Waals surface area contributed by atoms with Crippen LogP contribution in [0.15, 0.2) is 47.5 Å². The van der Waals surface area contributed by atoms with Crippen LogP contribution in [0.5, 0.6) is 0 Å². The molecule has 1 amide bonds. The molecule has 190 valence electrons. The molecule has 4 rings (SSSR count). The fraction of sp³-hybridized carbons (Fsp3) is 0.577. The van der Waals surface area contributed by atoms with E-state index in [9.17, 15) is 19.1 Å². The van der Waals surface area contributed by atoms with E-state index in [0.29, 0.717) is 64.2 Å². The minimum atomic E-state index is -1.05. The van der Waals surface area contributed by atoms with Gasteiger partial charge < -0.3 is 15.3 Å². The van der Waals surface area contributed by atoms with Gasteiger partial charge in [-0.25, -0.2) is 9.37 Å². The molecule has 8 nitrogen and oxygen atoms in total. The largest absolute Gasteiger partial charge is 0.388 e. The van der Waals surface area contributed by atoms with Crippen molar-refractivity contribution in [3.8, 4) is 0 Å². The van der Waals surface area contributed by atoms with Crippen LogP contribution in [0, 0.1) is 0 Å². The van der Waals surface area contributed by atoms with Gasteiger partial charge in [0.15, 0.2) is 0 Å². The number of piperidine rings is 1. The van der Waals surface area contributed by atoms with Gasteiger partial charge in [-0.3, -0.25) is 19.1 Å². The lowest BCUT2D eigenvalue weighted by Crippen LogP contribution is -2.49. The Morgan fingerprint density at radius 2 is 2.00 bits per heavy atom. The highest BCUT2D eigenvalue weighted by atomic mass is 19.1. The van der Waals surface area contributed by atoms with E-state index in [1.54, 1.807) is 0 Å². The molecular weight excluding hydrogens is 449 g/mol. The smallest absolute Gasteiger partial charge is 0.255 e. The van der Waals surface area contributed by atoms with Crippen molar-refractivity contribution >= 4 is 11.7 Å². The van der Waals surface area contributed by atoms with Crippen LogP contribution in [0.2, 0.25) is 0 Å². The molecule has 0 radical (unpaired) electrons. The van der Waals surface area contributed by atoms with Gasteiger partial charge in [0.1, 0.15) is 12.0 Å². The Balaban J connectivity index is 1.24. The molecule has 3 heterocycles. The molecule has 9 heteroatoms. The zero-order chi connectivity index (χ0) is 24.8. The number of nitrogens with zero attached hydrogens (tertiary/aromatic N) is 4. The van der Waals surface area contributed by atoms with E-state index in [1.807, 2.05) is 40.1 Å². The molecule has 2 saturated heterocycles. The van der Waals surface area contributed by atoms with Crippen molar-refractivity contribution in [1.29, 1.82) is 0 Å². The number of anilines is 1. The van der Waals surface area contributed by atoms with Crippen LogP contribution in [0.3, 0.4) is 0 Å². The summed E-state index contributed by atoms with van der Waals surface area (Å²) in [6.45, 7) is 5.63. The Kier molecular flexibility index (Phi) is 8.18. The zero-order valence-corrected chi connectivity index (χ0v) is 20.4. The van der Waals surface area contributed by atoms with Crippen molar-refractivity contribution in [3.63, 3.8) is 0 Å². The van der Waals surface area contributed by atoms with Gasteiger partial charge >= 0.3 is 0 Å². The molecule has 2 aliphatic heterocycles. The van der Waals surface area contributed by atoms with Gasteiger partial charge in [-0.1, -0.05) is 37.3 Å². The van der Waals surface area contributed by atoms with Crippen LogP contribution < -0.4 is 10.9 Å². The predicted octanol–water partition coefficient (Wildman–Crippen LogP) is 2.25. The van der Waals surface area contributed by atoms with Crippen molar-refractivity contribution in [2.45, 2.75) is 56.8 Å². The standard InChI is InChI=1S/C26H36FN5O3/c1-20(21-5-3-2-4-6-21)15-24(33)31-12-8-26(35,9-13-31)18-32-19-29-23(16-25(32)34)28-10-14-30-11-7-22(27)17-30/h2-6,16,19-20,22,28,35H,7-15,17-18H2,1H3. The summed E-state index contributed by atoms with van der Waals surface area (Å²) in [5, 5.41) is 14.2. The molecule has 35 heavy (non-hydrogen) atoms. The average Bonchev–Trinajstić information content (AvgIpc) is 3.26. The van der Waals surface area contributed by atoms with E-state index in [-0.39, 0.29) is 23.9 Å². The summed E-state index contributed by atoms with van der Waals surface area (Å²) in [6, 6.07) is 11.4. The summed E-state index contributed by atoms with van der Waals surface area (Å²) in [7, 11) is 0. The summed E-state index contributed by atoms with van der Waals surface area (Å²) < 4.78 is 14.7. The lowest BCUT2D eigenvalue weighted by molar-refractivity contribution is -0.136. The van der Waals surface area contributed by atoms with Gasteiger partial charge in [0.25, 0.3) is 5.56 Å². The molecule has 2 unspecified atom stereocenters. The number of amides is 1. The Hall–Kier alpha value is -2.78. The van der Waals surface area contributed by atoms with Crippen molar-refractivity contribution in [3.05, 3.63) is 58.6 Å². The van der Waals surface area contributed by atoms with E-state index in [1.165, 1.54) is 17.0 Å². The molecule has 2 N–H and O–H groups in total. The maximum atomic E-state index is 13.3. The van der Waals surface area contributed by atoms with Crippen molar-refractivity contribution in [1.82, 2.24) is 19.4 Å². The van der Waals surface area contributed by atoms with Crippen LogP contribution in [0.4, 0.5) is 10.2 Å². The number of aliphatic hydroxyl groups is 1. The topological polar surface area (TPSA) is 90.7 Å². The summed E-state index contributed by atoms with van der Waals surface area (Å²) in [5.41, 5.74) is -0.152. The monoisotopic (exact) mass is 485 g/mol. The van der Waals surface area contributed by atoms with Crippen LogP contribution in [-0.2, 0) is 11.3 Å². The highest BCUT2D eigenvalue weighted by molar-refractivity contribution is 5.77. The lowest BCUT2D eigenvalue weighted by Gasteiger charge is -2.38. The fourth-order valence-electron chi connectivity index (χ4n) is 4.91. The molecule has 1 aromatic heterocycles. The molecule has 2 atom stereocenters. The third-order valence-electron chi connectivity index (χ3n) is 7.19. The summed E-state index contributed by atoms with van der Waals surface area (Å²) in [4.78, 5) is 33.5. The van der Waals surface area contributed by atoms with E-state index in [0.717, 1.165) is 12.1 Å². The number of alkyl halides is 1. The first kappa shape index (κ1) is 25.3. The molecular formula is C26H36FN5O3. The second kappa shape index (κ2) is 11.3. The maximum Gasteiger partial charge on any atom is 0.255 e. The van der Waals surface area contributed by atoms with E-state index in [2.05, 4.69) is 17.2 Å². The summed E-state index contributed by atoms with van der Waals surface area (Å²) in [5.74, 6) is 0.702. The van der Waals surface area contributed by atoms with Crippen LogP contribution in [-0.4, -0.2) is 81.4 Å². The Labute approximate surface area is 205 Å². The SMILES string of the molecule is CC(CC(=O)N1CCC(O)(Cn2cnc(NCCN3CCC(F)C3)cc2=O)CC1)c1ccccc1. The Morgan fingerprint density at radius 1 is 1.26 bits per heavy atom. The first-order valence-electron chi connectivity index (χ1n) is 12.5. The molecule has 2 fully saturated rings. The van der Waals surface area contributed by atoms with Gasteiger partial charge in [0.2, 0.25) is 5.91 Å². The number of carbonyl (C=O) groups excluding carboxylic acids is 1. The van der Waals surface area contributed by atoms with E-state index >= 15 is 0 Å². The van der Waals surface area contributed by atoms with Gasteiger partial charge in [-0.2, -0.15) is 0 Å². The fourth-order valence-corrected chi connectivity index (χ4v) is 4.91. The third-order valence-corrected chi connectivity index (χ3v) is 7.19. The summed E-state index contributed by atoms with van der Waals surface area (Å²) >= 11 is 0. The Bertz CT molecular complexity index is 1040. The van der Waals surface area contributed by atoms with Gasteiger partial charge in [0.05, 0.1) is 18.5 Å². The van der Waals surface area contributed by atoms with Gasteiger partial charge in [0, 0.05) is 51.8 Å². The predicted molar refractivity (Wildman–Crippen MR) is 133 cm³/mol. The average molecular weight is 486 g/mol. The number of likely N-dealkylation sites (tertiary alicyclic amines) is 2. The Morgan fingerprint density at radius 3 is 2.66 bits per heavy atom. The van der Waals surface area contributed by atoms with E-state index in [4.69, 9.17) is 0 Å². The van der Waals surface area contributed by atoms with Gasteiger partial charge in [-0.15, -0.1) is 0 Å². The number of rotatable bonds is 9. The number of benzene rings is 1. The number of hydrogen-bond donors (Lipinski definition) is 2. The molecule has 1 aromatic carbocycles. The minimum Gasteiger partial charge on any atom is -0.388 e. The molecule has 0 spiro atoms. The number of carbonyl (C=O) groups is 1. The highest BCUT2D eigenvalue weighted by Crippen LogP contribution is 2.26. The number of aromatic nitrogens is 2. The number of hydrogen-bond acceptors (Lipinski definition) is 6. The quantitative estimate of drug-likeness (QED) is 0.566. The second-order valence-electron chi connectivity index (χ2n) is 9.97. The molecule has 0 aliphatic carbocycles. The molecule has 2 aliphatic rings. The maximum absolute atomic E-state index is 13.3. The van der Waals surface area contributed by atoms with Crippen molar-refractivity contribution in [2.24, 2.45) is 0 Å². The van der Waals surface area contributed by atoms with Crippen molar-refractivity contribution in [2.75, 3.05) is 44.6 Å². The second-order valence-corrected chi connectivity index (χ2v) is 9.97. The number of halogens is 1. The van der Waals surface area contributed by atoms with Crippen LogP contribution >= 0.6 is 0 Å². The first-order valence-corrected chi connectivity index (χ1v) is 12.5. The molecule has 0 bridgehead atoms. The normalized spacial score (nSPS) is 21.1. The summed E-state index contributed by atoms with van der Waals surface area (Å²) in [6.07, 6.45) is 2.55. The van der Waals surface area contributed by atoms with E-state index < -0.39 is 11.8 Å².